The van der Waals surface area contributed by atoms with Gasteiger partial charge in [0, 0.05) is 31.3 Å². The van der Waals surface area contributed by atoms with E-state index >= 15 is 0 Å². The number of guanidine groups is 1. The summed E-state index contributed by atoms with van der Waals surface area (Å²) in [5, 5.41) is 15.8. The Bertz CT molecular complexity index is 848. The van der Waals surface area contributed by atoms with Crippen LogP contribution in [0.15, 0.2) is 41.4 Å². The van der Waals surface area contributed by atoms with Crippen LogP contribution in [0.2, 0.25) is 0 Å². The number of aliphatic hydroxyl groups is 1. The lowest BCUT2D eigenvalue weighted by Gasteiger charge is -2.18. The summed E-state index contributed by atoms with van der Waals surface area (Å²) >= 11 is 0. The third kappa shape index (κ3) is 5.94. The molecule has 6 heteroatoms. The third-order valence-electron chi connectivity index (χ3n) is 5.23. The summed E-state index contributed by atoms with van der Waals surface area (Å²) in [6, 6.07) is 11.0. The second-order valence-electron chi connectivity index (χ2n) is 7.50. The number of benzene rings is 2. The summed E-state index contributed by atoms with van der Waals surface area (Å²) in [4.78, 5) is 4.26. The molecule has 1 aliphatic carbocycles. The zero-order valence-corrected chi connectivity index (χ0v) is 17.2. The Morgan fingerprint density at radius 3 is 2.59 bits per heavy atom. The van der Waals surface area contributed by atoms with E-state index in [9.17, 15) is 9.50 Å². The number of ether oxygens (including phenoxy) is 1. The molecule has 0 unspecified atom stereocenters. The Hall–Kier alpha value is -2.60. The first-order chi connectivity index (χ1) is 14.1. The smallest absolute Gasteiger partial charge is 0.191 e. The molecule has 0 atom stereocenters. The second-order valence-corrected chi connectivity index (χ2v) is 7.50. The first-order valence-corrected chi connectivity index (χ1v) is 10.2. The van der Waals surface area contributed by atoms with Crippen LogP contribution in [0.1, 0.15) is 47.9 Å². The molecule has 1 aliphatic rings. The molecular weight excluding hydrogens is 369 g/mol. The Morgan fingerprint density at radius 2 is 1.86 bits per heavy atom. The van der Waals surface area contributed by atoms with Crippen LogP contribution >= 0.6 is 0 Å². The van der Waals surface area contributed by atoms with Crippen molar-refractivity contribution in [1.29, 1.82) is 0 Å². The average Bonchev–Trinajstić information content (AvgIpc) is 3.23. The van der Waals surface area contributed by atoms with E-state index in [1.54, 1.807) is 19.2 Å². The molecule has 0 saturated heterocycles. The first kappa shape index (κ1) is 21.1. The fourth-order valence-corrected chi connectivity index (χ4v) is 3.55. The van der Waals surface area contributed by atoms with Gasteiger partial charge in [-0.05, 0) is 61.9 Å². The van der Waals surface area contributed by atoms with Gasteiger partial charge in [-0.1, -0.05) is 18.2 Å². The minimum absolute atomic E-state index is 0.292. The van der Waals surface area contributed by atoms with E-state index in [2.05, 4.69) is 40.7 Å². The highest BCUT2D eigenvalue weighted by molar-refractivity contribution is 5.79. The minimum Gasteiger partial charge on any atom is -0.490 e. The largest absolute Gasteiger partial charge is 0.490 e. The predicted molar refractivity (Wildman–Crippen MR) is 113 cm³/mol. The fourth-order valence-electron chi connectivity index (χ4n) is 3.55. The van der Waals surface area contributed by atoms with Gasteiger partial charge >= 0.3 is 0 Å². The SMILES string of the molecule is CN=C(NCc1ccc(F)c(CO)c1)NCc1ccc(C)cc1OC1CCCC1. The molecule has 1 saturated carbocycles. The standard InChI is InChI=1S/C23H30FN3O2/c1-16-7-9-18(22(11-16)29-20-5-3-4-6-20)14-27-23(25-2)26-13-17-8-10-21(24)19(12-17)15-28/h7-12,20,28H,3-6,13-15H2,1-2H3,(H2,25,26,27). The lowest BCUT2D eigenvalue weighted by atomic mass is 10.1. The third-order valence-corrected chi connectivity index (χ3v) is 5.23. The second kappa shape index (κ2) is 10.3. The van der Waals surface area contributed by atoms with Crippen molar-refractivity contribution in [2.45, 2.75) is 58.4 Å². The van der Waals surface area contributed by atoms with Crippen LogP contribution in [0.3, 0.4) is 0 Å². The van der Waals surface area contributed by atoms with Crippen molar-refractivity contribution in [3.05, 3.63) is 64.5 Å². The maximum Gasteiger partial charge on any atom is 0.191 e. The molecule has 29 heavy (non-hydrogen) atoms. The molecule has 3 N–H and O–H groups in total. The average molecular weight is 400 g/mol. The lowest BCUT2D eigenvalue weighted by Crippen LogP contribution is -2.36. The van der Waals surface area contributed by atoms with Crippen molar-refractivity contribution in [3.8, 4) is 5.75 Å². The highest BCUT2D eigenvalue weighted by Gasteiger charge is 2.18. The maximum atomic E-state index is 13.5. The normalized spacial score (nSPS) is 14.8. The molecule has 0 bridgehead atoms. The van der Waals surface area contributed by atoms with Gasteiger partial charge in [0.1, 0.15) is 11.6 Å². The summed E-state index contributed by atoms with van der Waals surface area (Å²) in [5.74, 6) is 1.19. The van der Waals surface area contributed by atoms with Gasteiger partial charge in [0.15, 0.2) is 5.96 Å². The summed E-state index contributed by atoms with van der Waals surface area (Å²) in [5.41, 5.74) is 3.44. The Balaban J connectivity index is 1.59. The molecule has 0 amide bonds. The number of halogens is 1. The molecule has 0 radical (unpaired) electrons. The van der Waals surface area contributed by atoms with Crippen LogP contribution in [0.5, 0.6) is 5.75 Å². The van der Waals surface area contributed by atoms with Gasteiger partial charge in [-0.15, -0.1) is 0 Å². The van der Waals surface area contributed by atoms with Gasteiger partial charge in [0.25, 0.3) is 0 Å². The van der Waals surface area contributed by atoms with Crippen molar-refractivity contribution in [2.24, 2.45) is 4.99 Å². The molecule has 5 nitrogen and oxygen atoms in total. The minimum atomic E-state index is -0.395. The molecule has 0 aliphatic heterocycles. The number of hydrogen-bond donors (Lipinski definition) is 3. The van der Waals surface area contributed by atoms with Crippen LogP contribution in [-0.4, -0.2) is 24.2 Å². The maximum absolute atomic E-state index is 13.5. The molecule has 0 spiro atoms. The number of hydrogen-bond acceptors (Lipinski definition) is 3. The van der Waals surface area contributed by atoms with E-state index < -0.39 is 5.82 Å². The van der Waals surface area contributed by atoms with Crippen LogP contribution in [0, 0.1) is 12.7 Å². The van der Waals surface area contributed by atoms with Gasteiger partial charge in [0.05, 0.1) is 12.7 Å². The number of nitrogens with zero attached hydrogens (tertiary/aromatic N) is 1. The fraction of sp³-hybridized carbons (Fsp3) is 0.435. The van der Waals surface area contributed by atoms with Crippen molar-refractivity contribution < 1.29 is 14.2 Å². The summed E-state index contributed by atoms with van der Waals surface area (Å²) in [7, 11) is 1.71. The highest BCUT2D eigenvalue weighted by Crippen LogP contribution is 2.27. The quantitative estimate of drug-likeness (QED) is 0.489. The summed E-state index contributed by atoms with van der Waals surface area (Å²) in [6.45, 7) is 2.83. The molecule has 2 aromatic carbocycles. The number of aryl methyl sites for hydroxylation is 1. The van der Waals surface area contributed by atoms with E-state index in [0.717, 1.165) is 29.7 Å². The molecule has 1 fully saturated rings. The number of rotatable bonds is 7. The van der Waals surface area contributed by atoms with Gasteiger partial charge in [-0.3, -0.25) is 4.99 Å². The summed E-state index contributed by atoms with van der Waals surface area (Å²) in [6.07, 6.45) is 5.03. The Labute approximate surface area is 172 Å². The van der Waals surface area contributed by atoms with Crippen LogP contribution in [-0.2, 0) is 19.7 Å². The van der Waals surface area contributed by atoms with Crippen LogP contribution in [0.25, 0.3) is 0 Å². The van der Waals surface area contributed by atoms with Crippen molar-refractivity contribution >= 4 is 5.96 Å². The molecule has 156 valence electrons. The van der Waals surface area contributed by atoms with Gasteiger partial charge < -0.3 is 20.5 Å². The topological polar surface area (TPSA) is 65.9 Å². The Morgan fingerprint density at radius 1 is 1.10 bits per heavy atom. The lowest BCUT2D eigenvalue weighted by molar-refractivity contribution is 0.207. The van der Waals surface area contributed by atoms with E-state index in [1.807, 2.05) is 0 Å². The van der Waals surface area contributed by atoms with Gasteiger partial charge in [-0.2, -0.15) is 0 Å². The first-order valence-electron chi connectivity index (χ1n) is 10.2. The van der Waals surface area contributed by atoms with Crippen molar-refractivity contribution in [1.82, 2.24) is 10.6 Å². The van der Waals surface area contributed by atoms with E-state index in [0.29, 0.717) is 30.7 Å². The highest BCUT2D eigenvalue weighted by atomic mass is 19.1. The number of aliphatic hydroxyl groups excluding tert-OH is 1. The zero-order chi connectivity index (χ0) is 20.6. The molecule has 3 rings (SSSR count). The van der Waals surface area contributed by atoms with Gasteiger partial charge in [-0.25, -0.2) is 4.39 Å². The molecule has 0 aromatic heterocycles. The monoisotopic (exact) mass is 399 g/mol. The van der Waals surface area contributed by atoms with E-state index in [1.165, 1.54) is 24.5 Å². The van der Waals surface area contributed by atoms with Crippen molar-refractivity contribution in [2.75, 3.05) is 7.05 Å². The predicted octanol–water partition coefficient (Wildman–Crippen LogP) is 3.81. The van der Waals surface area contributed by atoms with Crippen LogP contribution in [0.4, 0.5) is 4.39 Å². The molecule has 2 aromatic rings. The summed E-state index contributed by atoms with van der Waals surface area (Å²) < 4.78 is 19.8. The van der Waals surface area contributed by atoms with E-state index in [-0.39, 0.29) is 6.61 Å². The zero-order valence-electron chi connectivity index (χ0n) is 17.2. The Kier molecular flexibility index (Phi) is 7.47. The molecular formula is C23H30FN3O2. The van der Waals surface area contributed by atoms with Crippen molar-refractivity contribution in [3.63, 3.8) is 0 Å². The van der Waals surface area contributed by atoms with Crippen LogP contribution < -0.4 is 15.4 Å². The number of nitrogens with one attached hydrogen (secondary N) is 2. The molecule has 0 heterocycles. The number of aliphatic imine (C=N–C) groups is 1. The van der Waals surface area contributed by atoms with Gasteiger partial charge in [0.2, 0.25) is 0 Å². The van der Waals surface area contributed by atoms with E-state index in [4.69, 9.17) is 4.74 Å².